The molecule has 0 heteroatoms. The Morgan fingerprint density at radius 1 is 1.23 bits per heavy atom. The molecule has 1 aliphatic rings. The summed E-state index contributed by atoms with van der Waals surface area (Å²) in [5.74, 6) is 0.887. The average molecular weight is 180 g/mol. The second-order valence-electron chi connectivity index (χ2n) is 4.39. The van der Waals surface area contributed by atoms with Gasteiger partial charge in [-0.1, -0.05) is 31.4 Å². The monoisotopic (exact) mass is 180 g/mol. The quantitative estimate of drug-likeness (QED) is 0.550. The molecule has 13 heavy (non-hydrogen) atoms. The van der Waals surface area contributed by atoms with Gasteiger partial charge in [-0.15, -0.1) is 0 Å². The van der Waals surface area contributed by atoms with Crippen LogP contribution in [0.25, 0.3) is 0 Å². The van der Waals surface area contributed by atoms with Crippen molar-refractivity contribution in [3.8, 4) is 0 Å². The molecule has 1 unspecified atom stereocenters. The summed E-state index contributed by atoms with van der Waals surface area (Å²) in [6, 6.07) is 0. The van der Waals surface area contributed by atoms with Gasteiger partial charge in [0.2, 0.25) is 0 Å². The number of rotatable bonds is 4. The molecule has 1 atom stereocenters. The molecule has 0 spiro atoms. The van der Waals surface area contributed by atoms with Gasteiger partial charge in [0.1, 0.15) is 0 Å². The Morgan fingerprint density at radius 2 is 1.85 bits per heavy atom. The Hall–Kier alpha value is -0.260. The summed E-state index contributed by atoms with van der Waals surface area (Å²) < 4.78 is 0. The van der Waals surface area contributed by atoms with E-state index < -0.39 is 0 Å². The van der Waals surface area contributed by atoms with Gasteiger partial charge < -0.3 is 0 Å². The highest BCUT2D eigenvalue weighted by molar-refractivity contribution is 5.17. The van der Waals surface area contributed by atoms with Crippen LogP contribution >= 0.6 is 0 Å². The first-order valence-corrected chi connectivity index (χ1v) is 5.98. The van der Waals surface area contributed by atoms with Crippen LogP contribution < -0.4 is 0 Å². The van der Waals surface area contributed by atoms with E-state index in [1.807, 2.05) is 0 Å². The van der Waals surface area contributed by atoms with Gasteiger partial charge in [0, 0.05) is 0 Å². The second-order valence-corrected chi connectivity index (χ2v) is 4.39. The summed E-state index contributed by atoms with van der Waals surface area (Å²) in [6.45, 7) is 7.01. The highest BCUT2D eigenvalue weighted by Crippen LogP contribution is 2.32. The predicted molar refractivity (Wildman–Crippen MR) is 59.9 cm³/mol. The summed E-state index contributed by atoms with van der Waals surface area (Å²) in [5.41, 5.74) is 3.53. The van der Waals surface area contributed by atoms with Crippen molar-refractivity contribution in [1.82, 2.24) is 0 Å². The molecule has 0 aliphatic heterocycles. The molecule has 0 aromatic rings. The number of hydrogen-bond acceptors (Lipinski definition) is 0. The van der Waals surface area contributed by atoms with Gasteiger partial charge in [-0.2, -0.15) is 0 Å². The lowest BCUT2D eigenvalue weighted by Gasteiger charge is -2.17. The van der Waals surface area contributed by atoms with Crippen molar-refractivity contribution in [2.24, 2.45) is 5.92 Å². The lowest BCUT2D eigenvalue weighted by atomic mass is 9.89. The third-order valence-electron chi connectivity index (χ3n) is 3.51. The molecule has 0 heterocycles. The van der Waals surface area contributed by atoms with Gasteiger partial charge in [-0.3, -0.25) is 0 Å². The molecule has 0 N–H and O–H groups in total. The molecular formula is C13H24. The van der Waals surface area contributed by atoms with Crippen molar-refractivity contribution in [3.63, 3.8) is 0 Å². The Labute approximate surface area is 83.4 Å². The van der Waals surface area contributed by atoms with Crippen molar-refractivity contribution >= 4 is 0 Å². The third-order valence-corrected chi connectivity index (χ3v) is 3.51. The molecule has 0 aromatic heterocycles. The zero-order valence-corrected chi connectivity index (χ0v) is 9.53. The minimum Gasteiger partial charge on any atom is -0.0710 e. The maximum absolute atomic E-state index is 2.38. The van der Waals surface area contributed by atoms with Crippen molar-refractivity contribution in [3.05, 3.63) is 11.1 Å². The number of allylic oxidation sites excluding steroid dienone is 2. The van der Waals surface area contributed by atoms with Gasteiger partial charge in [-0.05, 0) is 51.4 Å². The van der Waals surface area contributed by atoms with E-state index in [2.05, 4.69) is 20.8 Å². The van der Waals surface area contributed by atoms with Crippen LogP contribution in [-0.4, -0.2) is 0 Å². The SMILES string of the molecule is CCCC(CC)C(C)=C1CCCC1. The molecule has 1 aliphatic carbocycles. The van der Waals surface area contributed by atoms with Gasteiger partial charge in [0.15, 0.2) is 0 Å². The van der Waals surface area contributed by atoms with Crippen LogP contribution in [0.3, 0.4) is 0 Å². The zero-order chi connectivity index (χ0) is 9.68. The van der Waals surface area contributed by atoms with E-state index in [1.165, 1.54) is 44.9 Å². The second kappa shape index (κ2) is 5.47. The van der Waals surface area contributed by atoms with Gasteiger partial charge in [0.05, 0.1) is 0 Å². The minimum absolute atomic E-state index is 0.887. The molecule has 1 fully saturated rings. The predicted octanol–water partition coefficient (Wildman–Crippen LogP) is 4.70. The Morgan fingerprint density at radius 3 is 2.31 bits per heavy atom. The molecule has 0 bridgehead atoms. The standard InChI is InChI=1S/C13H24/c1-4-8-12(5-2)11(3)13-9-6-7-10-13/h12H,4-10H2,1-3H3. The topological polar surface area (TPSA) is 0 Å². The maximum Gasteiger partial charge on any atom is -0.0206 e. The first kappa shape index (κ1) is 10.8. The third kappa shape index (κ3) is 2.86. The molecule has 0 amide bonds. The summed E-state index contributed by atoms with van der Waals surface area (Å²) in [5, 5.41) is 0. The first-order valence-electron chi connectivity index (χ1n) is 5.98. The van der Waals surface area contributed by atoms with E-state index >= 15 is 0 Å². The van der Waals surface area contributed by atoms with Gasteiger partial charge in [-0.25, -0.2) is 0 Å². The van der Waals surface area contributed by atoms with Crippen molar-refractivity contribution < 1.29 is 0 Å². The van der Waals surface area contributed by atoms with Crippen LogP contribution in [0, 0.1) is 5.92 Å². The van der Waals surface area contributed by atoms with E-state index in [4.69, 9.17) is 0 Å². The number of hydrogen-bond donors (Lipinski definition) is 0. The fraction of sp³-hybridized carbons (Fsp3) is 0.846. The molecule has 1 saturated carbocycles. The Bertz CT molecular complexity index is 168. The van der Waals surface area contributed by atoms with E-state index in [-0.39, 0.29) is 0 Å². The summed E-state index contributed by atoms with van der Waals surface area (Å²) >= 11 is 0. The normalized spacial score (nSPS) is 19.2. The minimum atomic E-state index is 0.887. The Balaban J connectivity index is 2.60. The average Bonchev–Trinajstić information content (AvgIpc) is 2.65. The summed E-state index contributed by atoms with van der Waals surface area (Å²) in [7, 11) is 0. The molecule has 1 rings (SSSR count). The van der Waals surface area contributed by atoms with E-state index in [9.17, 15) is 0 Å². The van der Waals surface area contributed by atoms with Crippen molar-refractivity contribution in [2.75, 3.05) is 0 Å². The highest BCUT2D eigenvalue weighted by atomic mass is 14.2. The zero-order valence-electron chi connectivity index (χ0n) is 9.53. The maximum atomic E-state index is 2.38. The van der Waals surface area contributed by atoms with E-state index in [0.29, 0.717) is 0 Å². The van der Waals surface area contributed by atoms with Crippen LogP contribution in [0.1, 0.15) is 65.7 Å². The van der Waals surface area contributed by atoms with Gasteiger partial charge >= 0.3 is 0 Å². The van der Waals surface area contributed by atoms with E-state index in [1.54, 1.807) is 11.1 Å². The Kier molecular flexibility index (Phi) is 4.55. The van der Waals surface area contributed by atoms with Crippen molar-refractivity contribution in [2.45, 2.75) is 65.7 Å². The lowest BCUT2D eigenvalue weighted by molar-refractivity contribution is 0.528. The van der Waals surface area contributed by atoms with Crippen molar-refractivity contribution in [1.29, 1.82) is 0 Å². The molecule has 76 valence electrons. The fourth-order valence-electron chi connectivity index (χ4n) is 2.56. The van der Waals surface area contributed by atoms with Crippen LogP contribution in [0.4, 0.5) is 0 Å². The molecule has 0 aromatic carbocycles. The smallest absolute Gasteiger partial charge is 0.0206 e. The van der Waals surface area contributed by atoms with Gasteiger partial charge in [0.25, 0.3) is 0 Å². The van der Waals surface area contributed by atoms with Crippen LogP contribution in [0.15, 0.2) is 11.1 Å². The van der Waals surface area contributed by atoms with Crippen LogP contribution in [0.5, 0.6) is 0 Å². The van der Waals surface area contributed by atoms with Crippen LogP contribution in [-0.2, 0) is 0 Å². The molecule has 0 nitrogen and oxygen atoms in total. The molecule has 0 saturated heterocycles. The molecular weight excluding hydrogens is 156 g/mol. The first-order chi connectivity index (χ1) is 6.29. The lowest BCUT2D eigenvalue weighted by Crippen LogP contribution is -2.02. The molecule has 0 radical (unpaired) electrons. The van der Waals surface area contributed by atoms with Crippen LogP contribution in [0.2, 0.25) is 0 Å². The fourth-order valence-corrected chi connectivity index (χ4v) is 2.56. The largest absolute Gasteiger partial charge is 0.0710 e. The highest BCUT2D eigenvalue weighted by Gasteiger charge is 2.15. The summed E-state index contributed by atoms with van der Waals surface area (Å²) in [4.78, 5) is 0. The van der Waals surface area contributed by atoms with E-state index in [0.717, 1.165) is 5.92 Å². The summed E-state index contributed by atoms with van der Waals surface area (Å²) in [6.07, 6.45) is 9.74.